The van der Waals surface area contributed by atoms with E-state index < -0.39 is 6.61 Å². The van der Waals surface area contributed by atoms with Crippen LogP contribution >= 0.6 is 0 Å². The SMILES string of the molecule is C1CCNC1.O=C(Nc1ccccc1)c1cnn(-c2ccc(OC(F)F)cc2)c1. The summed E-state index contributed by atoms with van der Waals surface area (Å²) in [5.74, 6) is -0.229. The fourth-order valence-corrected chi connectivity index (χ4v) is 2.71. The number of halogens is 2. The number of hydrogen-bond donors (Lipinski definition) is 2. The number of carbonyl (C=O) groups excluding carboxylic acids is 1. The van der Waals surface area contributed by atoms with E-state index in [4.69, 9.17) is 0 Å². The number of aromatic nitrogens is 2. The molecule has 6 nitrogen and oxygen atoms in total. The van der Waals surface area contributed by atoms with E-state index in [2.05, 4.69) is 20.5 Å². The van der Waals surface area contributed by atoms with E-state index in [1.807, 2.05) is 18.2 Å². The Morgan fingerprint density at radius 2 is 1.76 bits per heavy atom. The Hall–Kier alpha value is -3.26. The molecule has 0 spiro atoms. The molecule has 2 aromatic carbocycles. The predicted molar refractivity (Wildman–Crippen MR) is 107 cm³/mol. The lowest BCUT2D eigenvalue weighted by molar-refractivity contribution is -0.0498. The van der Waals surface area contributed by atoms with Crippen LogP contribution < -0.4 is 15.4 Å². The summed E-state index contributed by atoms with van der Waals surface area (Å²) in [6.07, 6.45) is 5.77. The number of amides is 1. The molecule has 0 aliphatic carbocycles. The molecule has 1 aliphatic heterocycles. The van der Waals surface area contributed by atoms with Gasteiger partial charge in [-0.05, 0) is 62.3 Å². The predicted octanol–water partition coefficient (Wildman–Crippen LogP) is 4.10. The zero-order valence-corrected chi connectivity index (χ0v) is 15.7. The molecule has 1 fully saturated rings. The molecule has 0 radical (unpaired) electrons. The second-order valence-corrected chi connectivity index (χ2v) is 6.32. The largest absolute Gasteiger partial charge is 0.435 e. The third kappa shape index (κ3) is 6.39. The van der Waals surface area contributed by atoms with Crippen molar-refractivity contribution in [2.75, 3.05) is 18.4 Å². The van der Waals surface area contributed by atoms with E-state index in [-0.39, 0.29) is 11.7 Å². The highest BCUT2D eigenvalue weighted by Crippen LogP contribution is 2.17. The van der Waals surface area contributed by atoms with E-state index in [0.717, 1.165) is 0 Å². The number of benzene rings is 2. The van der Waals surface area contributed by atoms with Crippen molar-refractivity contribution in [1.29, 1.82) is 0 Å². The summed E-state index contributed by atoms with van der Waals surface area (Å²) in [7, 11) is 0. The summed E-state index contributed by atoms with van der Waals surface area (Å²) in [6, 6.07) is 15.0. The van der Waals surface area contributed by atoms with Gasteiger partial charge >= 0.3 is 6.61 Å². The average Bonchev–Trinajstić information content (AvgIpc) is 3.44. The Bertz CT molecular complexity index is 887. The van der Waals surface area contributed by atoms with Gasteiger partial charge in [-0.25, -0.2) is 4.68 Å². The highest BCUT2D eigenvalue weighted by Gasteiger charge is 2.10. The first-order valence-electron chi connectivity index (χ1n) is 9.29. The molecular weight excluding hydrogens is 378 g/mol. The van der Waals surface area contributed by atoms with Gasteiger partial charge in [0.2, 0.25) is 0 Å². The summed E-state index contributed by atoms with van der Waals surface area (Å²) in [5.41, 5.74) is 1.69. The Morgan fingerprint density at radius 1 is 1.07 bits per heavy atom. The molecule has 1 aromatic heterocycles. The molecule has 1 amide bonds. The monoisotopic (exact) mass is 400 g/mol. The number of ether oxygens (including phenoxy) is 1. The van der Waals surface area contributed by atoms with Crippen LogP contribution in [-0.2, 0) is 0 Å². The molecule has 2 N–H and O–H groups in total. The number of para-hydroxylation sites is 1. The van der Waals surface area contributed by atoms with Crippen LogP contribution in [0, 0.1) is 0 Å². The highest BCUT2D eigenvalue weighted by atomic mass is 19.3. The minimum Gasteiger partial charge on any atom is -0.435 e. The minimum atomic E-state index is -2.87. The average molecular weight is 400 g/mol. The molecule has 152 valence electrons. The minimum absolute atomic E-state index is 0.0583. The third-order valence-corrected chi connectivity index (χ3v) is 4.16. The first-order valence-corrected chi connectivity index (χ1v) is 9.29. The molecular formula is C21H22F2N4O2. The molecule has 0 bridgehead atoms. The molecule has 1 aliphatic rings. The molecule has 3 aromatic rings. The van der Waals surface area contributed by atoms with Gasteiger partial charge in [0, 0.05) is 11.9 Å². The zero-order chi connectivity index (χ0) is 20.5. The number of anilines is 1. The van der Waals surface area contributed by atoms with Crippen LogP contribution in [0.3, 0.4) is 0 Å². The van der Waals surface area contributed by atoms with Gasteiger partial charge in [0.15, 0.2) is 0 Å². The number of hydrogen-bond acceptors (Lipinski definition) is 4. The van der Waals surface area contributed by atoms with Crippen molar-refractivity contribution in [3.05, 3.63) is 72.6 Å². The van der Waals surface area contributed by atoms with Gasteiger partial charge < -0.3 is 15.4 Å². The van der Waals surface area contributed by atoms with Crippen LogP contribution in [0.4, 0.5) is 14.5 Å². The van der Waals surface area contributed by atoms with Gasteiger partial charge in [0.25, 0.3) is 5.91 Å². The van der Waals surface area contributed by atoms with Crippen LogP contribution in [-0.4, -0.2) is 35.4 Å². The van der Waals surface area contributed by atoms with Crippen molar-refractivity contribution in [3.8, 4) is 11.4 Å². The van der Waals surface area contributed by atoms with E-state index in [1.54, 1.807) is 30.5 Å². The van der Waals surface area contributed by atoms with E-state index in [0.29, 0.717) is 16.9 Å². The van der Waals surface area contributed by atoms with Crippen LogP contribution in [0.2, 0.25) is 0 Å². The van der Waals surface area contributed by atoms with E-state index in [9.17, 15) is 13.6 Å². The summed E-state index contributed by atoms with van der Waals surface area (Å²) in [4.78, 5) is 12.2. The standard InChI is InChI=1S/C17H13F2N3O2.C4H9N/c18-17(19)24-15-8-6-14(7-9-15)22-11-12(10-20-22)16(23)21-13-4-2-1-3-5-13;1-2-4-5-3-1/h1-11,17H,(H,21,23);5H,1-4H2. The fraction of sp³-hybridized carbons (Fsp3) is 0.238. The van der Waals surface area contributed by atoms with Crippen molar-refractivity contribution in [2.24, 2.45) is 0 Å². The van der Waals surface area contributed by atoms with Crippen molar-refractivity contribution in [3.63, 3.8) is 0 Å². The number of alkyl halides is 2. The lowest BCUT2D eigenvalue weighted by atomic mass is 10.3. The Kier molecular flexibility index (Phi) is 7.29. The Labute approximate surface area is 167 Å². The van der Waals surface area contributed by atoms with Crippen molar-refractivity contribution in [2.45, 2.75) is 19.5 Å². The van der Waals surface area contributed by atoms with Crippen LogP contribution in [0.1, 0.15) is 23.2 Å². The maximum atomic E-state index is 12.2. The Morgan fingerprint density at radius 3 is 2.34 bits per heavy atom. The molecule has 1 saturated heterocycles. The highest BCUT2D eigenvalue weighted by molar-refractivity contribution is 6.03. The van der Waals surface area contributed by atoms with Crippen molar-refractivity contribution in [1.82, 2.24) is 15.1 Å². The summed E-state index contributed by atoms with van der Waals surface area (Å²) in [6.45, 7) is -0.367. The molecule has 2 heterocycles. The summed E-state index contributed by atoms with van der Waals surface area (Å²) in [5, 5.41) is 10.1. The number of nitrogens with zero attached hydrogens (tertiary/aromatic N) is 2. The summed E-state index contributed by atoms with van der Waals surface area (Å²) < 4.78 is 30.0. The number of carbonyl (C=O) groups is 1. The van der Waals surface area contributed by atoms with Crippen molar-refractivity contribution >= 4 is 11.6 Å². The van der Waals surface area contributed by atoms with Crippen molar-refractivity contribution < 1.29 is 18.3 Å². The maximum Gasteiger partial charge on any atom is 0.387 e. The molecule has 0 atom stereocenters. The van der Waals surface area contributed by atoms with Crippen LogP contribution in [0.15, 0.2) is 67.0 Å². The van der Waals surface area contributed by atoms with Crippen LogP contribution in [0.5, 0.6) is 5.75 Å². The first-order chi connectivity index (χ1) is 14.1. The van der Waals surface area contributed by atoms with Gasteiger partial charge in [-0.15, -0.1) is 0 Å². The third-order valence-electron chi connectivity index (χ3n) is 4.16. The summed E-state index contributed by atoms with van der Waals surface area (Å²) >= 11 is 0. The van der Waals surface area contributed by atoms with Gasteiger partial charge in [-0.1, -0.05) is 18.2 Å². The van der Waals surface area contributed by atoms with E-state index >= 15 is 0 Å². The van der Waals surface area contributed by atoms with Gasteiger partial charge in [-0.3, -0.25) is 4.79 Å². The number of rotatable bonds is 5. The smallest absolute Gasteiger partial charge is 0.387 e. The number of nitrogens with one attached hydrogen (secondary N) is 2. The molecule has 29 heavy (non-hydrogen) atoms. The van der Waals surface area contributed by atoms with Gasteiger partial charge in [-0.2, -0.15) is 13.9 Å². The maximum absolute atomic E-state index is 12.2. The van der Waals surface area contributed by atoms with Gasteiger partial charge in [0.05, 0.1) is 17.4 Å². The first kappa shape index (κ1) is 20.5. The van der Waals surface area contributed by atoms with E-state index in [1.165, 1.54) is 48.9 Å². The van der Waals surface area contributed by atoms with Crippen LogP contribution in [0.25, 0.3) is 5.69 Å². The molecule has 8 heteroatoms. The fourth-order valence-electron chi connectivity index (χ4n) is 2.71. The topological polar surface area (TPSA) is 68.2 Å². The Balaban J connectivity index is 0.000000419. The second kappa shape index (κ2) is 10.3. The normalized spacial score (nSPS) is 12.9. The lowest BCUT2D eigenvalue weighted by Gasteiger charge is -2.05. The molecule has 0 saturated carbocycles. The quantitative estimate of drug-likeness (QED) is 0.677. The lowest BCUT2D eigenvalue weighted by Crippen LogP contribution is -2.10. The molecule has 0 unspecified atom stereocenters. The van der Waals surface area contributed by atoms with Gasteiger partial charge in [0.1, 0.15) is 5.75 Å². The zero-order valence-electron chi connectivity index (χ0n) is 15.7. The second-order valence-electron chi connectivity index (χ2n) is 6.32. The molecule has 4 rings (SSSR count).